The molecule has 8 heteroatoms. The van der Waals surface area contributed by atoms with Gasteiger partial charge in [0.25, 0.3) is 10.0 Å². The van der Waals surface area contributed by atoms with Crippen molar-refractivity contribution in [1.29, 1.82) is 0 Å². The number of carboxylic acids is 1. The number of sulfonamides is 1. The van der Waals surface area contributed by atoms with Gasteiger partial charge in [0, 0.05) is 10.2 Å². The molecule has 0 atom stereocenters. The number of thiophene rings is 1. The van der Waals surface area contributed by atoms with Crippen molar-refractivity contribution in [3.8, 4) is 0 Å². The van der Waals surface area contributed by atoms with E-state index in [9.17, 15) is 13.2 Å². The number of benzene rings is 1. The number of aryl methyl sites for hydroxylation is 1. The topological polar surface area (TPSA) is 83.5 Å². The lowest BCUT2D eigenvalue weighted by Crippen LogP contribution is -2.16. The van der Waals surface area contributed by atoms with Crippen LogP contribution in [0.25, 0.3) is 0 Å². The quantitative estimate of drug-likeness (QED) is 0.858. The third-order valence-electron chi connectivity index (χ3n) is 2.46. The van der Waals surface area contributed by atoms with Crippen LogP contribution in [0.1, 0.15) is 15.2 Å². The number of carboxylic acid groups (broad SMARTS) is 1. The Morgan fingerprint density at radius 3 is 2.70 bits per heavy atom. The summed E-state index contributed by atoms with van der Waals surface area (Å²) in [5, 5.41) is 10.6. The lowest BCUT2D eigenvalue weighted by molar-refractivity contribution is 0.0698. The van der Waals surface area contributed by atoms with Gasteiger partial charge >= 0.3 is 5.97 Å². The summed E-state index contributed by atoms with van der Waals surface area (Å²) >= 11 is 4.14. The zero-order valence-corrected chi connectivity index (χ0v) is 13.5. The maximum Gasteiger partial charge on any atom is 0.347 e. The third-order valence-corrected chi connectivity index (χ3v) is 5.73. The van der Waals surface area contributed by atoms with E-state index in [0.717, 1.165) is 15.8 Å². The van der Waals surface area contributed by atoms with Gasteiger partial charge in [0.2, 0.25) is 0 Å². The highest BCUT2D eigenvalue weighted by Crippen LogP contribution is 2.29. The Labute approximate surface area is 128 Å². The molecule has 0 amide bonds. The monoisotopic (exact) mass is 375 g/mol. The first-order valence-electron chi connectivity index (χ1n) is 5.41. The summed E-state index contributed by atoms with van der Waals surface area (Å²) in [4.78, 5) is 10.7. The van der Waals surface area contributed by atoms with Gasteiger partial charge in [-0.15, -0.1) is 11.3 Å². The third kappa shape index (κ3) is 3.02. The lowest BCUT2D eigenvalue weighted by Gasteiger charge is -2.09. The molecule has 0 fully saturated rings. The highest BCUT2D eigenvalue weighted by atomic mass is 79.9. The Kier molecular flexibility index (Phi) is 4.17. The van der Waals surface area contributed by atoms with Gasteiger partial charge in [-0.3, -0.25) is 4.72 Å². The SMILES string of the molecule is Cc1csc(C(=O)O)c1S(=O)(=O)Nc1cccc(Br)c1. The first-order chi connectivity index (χ1) is 9.31. The number of anilines is 1. The summed E-state index contributed by atoms with van der Waals surface area (Å²) < 4.78 is 27.8. The van der Waals surface area contributed by atoms with Crippen LogP contribution in [0, 0.1) is 6.92 Å². The van der Waals surface area contributed by atoms with Crippen molar-refractivity contribution in [2.75, 3.05) is 4.72 Å². The van der Waals surface area contributed by atoms with Crippen LogP contribution in [0.15, 0.2) is 39.0 Å². The van der Waals surface area contributed by atoms with E-state index < -0.39 is 16.0 Å². The van der Waals surface area contributed by atoms with E-state index in [4.69, 9.17) is 5.11 Å². The first-order valence-corrected chi connectivity index (χ1v) is 8.56. The normalized spacial score (nSPS) is 11.3. The van der Waals surface area contributed by atoms with Gasteiger partial charge < -0.3 is 5.11 Å². The maximum atomic E-state index is 12.3. The Morgan fingerprint density at radius 1 is 1.40 bits per heavy atom. The molecule has 0 unspecified atom stereocenters. The fourth-order valence-electron chi connectivity index (χ4n) is 1.67. The van der Waals surface area contributed by atoms with Gasteiger partial charge in [0.1, 0.15) is 9.77 Å². The number of carbonyl (C=O) groups is 1. The molecule has 2 N–H and O–H groups in total. The molecule has 0 radical (unpaired) electrons. The molecule has 106 valence electrons. The van der Waals surface area contributed by atoms with Crippen LogP contribution in [0.5, 0.6) is 0 Å². The van der Waals surface area contributed by atoms with E-state index >= 15 is 0 Å². The molecular weight excluding hydrogens is 366 g/mol. The Balaban J connectivity index is 2.46. The van der Waals surface area contributed by atoms with E-state index in [1.54, 1.807) is 31.2 Å². The number of hydrogen-bond donors (Lipinski definition) is 2. The van der Waals surface area contributed by atoms with Crippen molar-refractivity contribution in [3.05, 3.63) is 44.6 Å². The van der Waals surface area contributed by atoms with Crippen LogP contribution in [0.4, 0.5) is 5.69 Å². The molecule has 1 aromatic heterocycles. The summed E-state index contributed by atoms with van der Waals surface area (Å²) in [6.45, 7) is 1.57. The predicted octanol–water partition coefficient (Wildman–Crippen LogP) is 3.32. The summed E-state index contributed by atoms with van der Waals surface area (Å²) in [5.41, 5.74) is 0.774. The minimum atomic E-state index is -3.93. The average molecular weight is 376 g/mol. The molecule has 0 saturated carbocycles. The van der Waals surface area contributed by atoms with Crippen LogP contribution >= 0.6 is 27.3 Å². The van der Waals surface area contributed by atoms with Crippen LogP contribution in [-0.4, -0.2) is 19.5 Å². The standard InChI is InChI=1S/C12H10BrNO4S2/c1-7-6-19-10(12(15)16)11(7)20(17,18)14-9-4-2-3-8(13)5-9/h2-6,14H,1H3,(H,15,16). The number of nitrogens with one attached hydrogen (secondary N) is 1. The zero-order chi connectivity index (χ0) is 14.9. The smallest absolute Gasteiger partial charge is 0.347 e. The Bertz CT molecular complexity index is 768. The van der Waals surface area contributed by atoms with Crippen LogP contribution in [-0.2, 0) is 10.0 Å². The van der Waals surface area contributed by atoms with Crippen LogP contribution < -0.4 is 4.72 Å². The highest BCUT2D eigenvalue weighted by Gasteiger charge is 2.26. The van der Waals surface area contributed by atoms with E-state index in [1.165, 1.54) is 5.38 Å². The van der Waals surface area contributed by atoms with Crippen molar-refractivity contribution in [3.63, 3.8) is 0 Å². The molecule has 0 aliphatic carbocycles. The van der Waals surface area contributed by atoms with E-state index in [2.05, 4.69) is 20.7 Å². The molecule has 2 aromatic rings. The molecule has 0 aliphatic rings. The second-order valence-electron chi connectivity index (χ2n) is 4.00. The first kappa shape index (κ1) is 15.0. The molecule has 0 aliphatic heterocycles. The number of rotatable bonds is 4. The van der Waals surface area contributed by atoms with Gasteiger partial charge in [-0.25, -0.2) is 13.2 Å². The minimum absolute atomic E-state index is 0.185. The van der Waals surface area contributed by atoms with Crippen molar-refractivity contribution < 1.29 is 18.3 Å². The fraction of sp³-hybridized carbons (Fsp3) is 0.0833. The molecule has 0 saturated heterocycles. The molecule has 20 heavy (non-hydrogen) atoms. The highest BCUT2D eigenvalue weighted by molar-refractivity contribution is 9.10. The van der Waals surface area contributed by atoms with Gasteiger partial charge in [-0.1, -0.05) is 22.0 Å². The van der Waals surface area contributed by atoms with E-state index in [1.807, 2.05) is 0 Å². The second-order valence-corrected chi connectivity index (χ2v) is 7.41. The molecule has 1 heterocycles. The van der Waals surface area contributed by atoms with Crippen molar-refractivity contribution in [1.82, 2.24) is 0 Å². The van der Waals surface area contributed by atoms with Crippen LogP contribution in [0.3, 0.4) is 0 Å². The zero-order valence-electron chi connectivity index (χ0n) is 10.3. The Hall–Kier alpha value is -1.38. The molecule has 1 aromatic carbocycles. The van der Waals surface area contributed by atoms with Gasteiger partial charge in [-0.2, -0.15) is 0 Å². The summed E-state index contributed by atoms with van der Waals surface area (Å²) in [6.07, 6.45) is 0. The molecular formula is C12H10BrNO4S2. The fourth-order valence-corrected chi connectivity index (χ4v) is 4.76. The summed E-state index contributed by atoms with van der Waals surface area (Å²) in [5.74, 6) is -1.25. The second kappa shape index (κ2) is 5.55. The predicted molar refractivity (Wildman–Crippen MR) is 81.0 cm³/mol. The molecule has 5 nitrogen and oxygen atoms in total. The van der Waals surface area contributed by atoms with Gasteiger partial charge in [-0.05, 0) is 36.1 Å². The van der Waals surface area contributed by atoms with Crippen molar-refractivity contribution in [2.45, 2.75) is 11.8 Å². The number of aromatic carboxylic acids is 1. The molecule has 0 spiro atoms. The number of hydrogen-bond acceptors (Lipinski definition) is 4. The average Bonchev–Trinajstić information content (AvgIpc) is 2.71. The molecule has 2 rings (SSSR count). The van der Waals surface area contributed by atoms with Gasteiger partial charge in [0.15, 0.2) is 0 Å². The summed E-state index contributed by atoms with van der Waals surface area (Å²) in [7, 11) is -3.93. The Morgan fingerprint density at radius 2 is 2.10 bits per heavy atom. The number of halogens is 1. The van der Waals surface area contributed by atoms with Crippen LogP contribution in [0.2, 0.25) is 0 Å². The lowest BCUT2D eigenvalue weighted by atomic mass is 10.3. The van der Waals surface area contributed by atoms with Gasteiger partial charge in [0.05, 0.1) is 0 Å². The minimum Gasteiger partial charge on any atom is -0.477 e. The summed E-state index contributed by atoms with van der Waals surface area (Å²) in [6, 6.07) is 6.63. The maximum absolute atomic E-state index is 12.3. The van der Waals surface area contributed by atoms with E-state index in [-0.39, 0.29) is 9.77 Å². The molecule has 0 bridgehead atoms. The largest absolute Gasteiger partial charge is 0.477 e. The van der Waals surface area contributed by atoms with Crippen molar-refractivity contribution >= 4 is 48.9 Å². The van der Waals surface area contributed by atoms with Crippen molar-refractivity contribution in [2.24, 2.45) is 0 Å². The van der Waals surface area contributed by atoms with E-state index in [0.29, 0.717) is 11.3 Å².